The molecule has 1 aromatic carbocycles. The minimum absolute atomic E-state index is 0.0817. The Kier molecular flexibility index (Phi) is 2.95. The van der Waals surface area contributed by atoms with E-state index in [2.05, 4.69) is 12.2 Å². The van der Waals surface area contributed by atoms with Gasteiger partial charge in [0.15, 0.2) is 5.78 Å². The number of benzene rings is 1. The summed E-state index contributed by atoms with van der Waals surface area (Å²) >= 11 is 0. The molecule has 0 radical (unpaired) electrons. The topological polar surface area (TPSA) is 17.1 Å². The van der Waals surface area contributed by atoms with Crippen LogP contribution in [0.4, 0.5) is 4.39 Å². The fourth-order valence-electron chi connectivity index (χ4n) is 1.90. The summed E-state index contributed by atoms with van der Waals surface area (Å²) in [6.07, 6.45) is 6.51. The van der Waals surface area contributed by atoms with Crippen LogP contribution in [0.25, 0.3) is 0 Å². The standard InChI is InChI=1S/C13H13FO/c14-12-8-4-3-7-11(12)13(15)9-10-5-1-2-6-10/h1-4,7-8,10H,5-6,9H2. The minimum Gasteiger partial charge on any atom is -0.294 e. The van der Waals surface area contributed by atoms with Crippen molar-refractivity contribution in [3.8, 4) is 0 Å². The quantitative estimate of drug-likeness (QED) is 0.545. The fourth-order valence-corrected chi connectivity index (χ4v) is 1.90. The summed E-state index contributed by atoms with van der Waals surface area (Å²) < 4.78 is 13.3. The van der Waals surface area contributed by atoms with E-state index in [9.17, 15) is 9.18 Å². The van der Waals surface area contributed by atoms with Crippen molar-refractivity contribution < 1.29 is 9.18 Å². The molecule has 0 bridgehead atoms. The van der Waals surface area contributed by atoms with Gasteiger partial charge in [-0.05, 0) is 30.9 Å². The van der Waals surface area contributed by atoms with Gasteiger partial charge in [-0.1, -0.05) is 24.3 Å². The van der Waals surface area contributed by atoms with Gasteiger partial charge in [-0.25, -0.2) is 4.39 Å². The molecule has 0 aromatic heterocycles. The first-order chi connectivity index (χ1) is 7.27. The zero-order valence-electron chi connectivity index (χ0n) is 8.45. The van der Waals surface area contributed by atoms with Crippen LogP contribution >= 0.6 is 0 Å². The summed E-state index contributed by atoms with van der Waals surface area (Å²) in [5, 5.41) is 0. The normalized spacial score (nSPS) is 15.8. The Morgan fingerprint density at radius 2 is 1.93 bits per heavy atom. The van der Waals surface area contributed by atoms with Gasteiger partial charge in [0.05, 0.1) is 5.56 Å². The predicted octanol–water partition coefficient (Wildman–Crippen LogP) is 3.36. The van der Waals surface area contributed by atoms with Crippen molar-refractivity contribution in [2.45, 2.75) is 19.3 Å². The van der Waals surface area contributed by atoms with Crippen molar-refractivity contribution >= 4 is 5.78 Å². The van der Waals surface area contributed by atoms with Gasteiger partial charge in [-0.3, -0.25) is 4.79 Å². The number of rotatable bonds is 3. The minimum atomic E-state index is -0.409. The summed E-state index contributed by atoms with van der Waals surface area (Å²) in [5.74, 6) is -0.118. The third-order valence-electron chi connectivity index (χ3n) is 2.75. The molecule has 0 amide bonds. The highest BCUT2D eigenvalue weighted by Gasteiger charge is 2.17. The molecule has 0 N–H and O–H groups in total. The lowest BCUT2D eigenvalue weighted by Crippen LogP contribution is -2.07. The third kappa shape index (κ3) is 2.32. The molecular weight excluding hydrogens is 191 g/mol. The van der Waals surface area contributed by atoms with E-state index in [-0.39, 0.29) is 11.3 Å². The number of allylic oxidation sites excluding steroid dienone is 2. The van der Waals surface area contributed by atoms with Crippen LogP contribution in [0.15, 0.2) is 36.4 Å². The van der Waals surface area contributed by atoms with E-state index in [1.165, 1.54) is 6.07 Å². The molecule has 78 valence electrons. The van der Waals surface area contributed by atoms with Gasteiger partial charge < -0.3 is 0 Å². The van der Waals surface area contributed by atoms with Crippen LogP contribution in [0.2, 0.25) is 0 Å². The number of ketones is 1. The Hall–Kier alpha value is -1.44. The number of carbonyl (C=O) groups excluding carboxylic acids is 1. The van der Waals surface area contributed by atoms with E-state index in [4.69, 9.17) is 0 Å². The Labute approximate surface area is 88.6 Å². The molecule has 0 saturated carbocycles. The first-order valence-electron chi connectivity index (χ1n) is 5.20. The number of Topliss-reactive ketones (excluding diaryl/α,β-unsaturated/α-hetero) is 1. The fraction of sp³-hybridized carbons (Fsp3) is 0.308. The molecule has 0 spiro atoms. The average molecular weight is 204 g/mol. The number of hydrogen-bond donors (Lipinski definition) is 0. The van der Waals surface area contributed by atoms with Gasteiger partial charge >= 0.3 is 0 Å². The zero-order chi connectivity index (χ0) is 10.7. The smallest absolute Gasteiger partial charge is 0.166 e. The van der Waals surface area contributed by atoms with Gasteiger partial charge in [0.25, 0.3) is 0 Å². The third-order valence-corrected chi connectivity index (χ3v) is 2.75. The van der Waals surface area contributed by atoms with Crippen LogP contribution in [-0.4, -0.2) is 5.78 Å². The van der Waals surface area contributed by atoms with E-state index in [0.29, 0.717) is 12.3 Å². The summed E-state index contributed by atoms with van der Waals surface area (Å²) in [6, 6.07) is 6.19. The molecule has 0 aliphatic heterocycles. The van der Waals surface area contributed by atoms with Gasteiger partial charge in [0, 0.05) is 6.42 Å². The molecule has 2 rings (SSSR count). The number of carbonyl (C=O) groups is 1. The Bertz CT molecular complexity index is 387. The van der Waals surface area contributed by atoms with Crippen molar-refractivity contribution in [2.24, 2.45) is 5.92 Å². The second kappa shape index (κ2) is 4.39. The zero-order valence-corrected chi connectivity index (χ0v) is 8.45. The van der Waals surface area contributed by atoms with Crippen molar-refractivity contribution in [2.75, 3.05) is 0 Å². The lowest BCUT2D eigenvalue weighted by molar-refractivity contribution is 0.0959. The molecule has 1 aliphatic carbocycles. The molecule has 0 saturated heterocycles. The van der Waals surface area contributed by atoms with Crippen LogP contribution in [-0.2, 0) is 0 Å². The highest BCUT2D eigenvalue weighted by atomic mass is 19.1. The van der Waals surface area contributed by atoms with E-state index >= 15 is 0 Å². The van der Waals surface area contributed by atoms with Crippen molar-refractivity contribution in [3.63, 3.8) is 0 Å². The molecule has 0 unspecified atom stereocenters. The molecule has 1 nitrogen and oxygen atoms in total. The summed E-state index contributed by atoms with van der Waals surface area (Å²) in [7, 11) is 0. The average Bonchev–Trinajstić information content (AvgIpc) is 2.71. The second-order valence-electron chi connectivity index (χ2n) is 3.92. The predicted molar refractivity (Wildman–Crippen MR) is 57.2 cm³/mol. The summed E-state index contributed by atoms with van der Waals surface area (Å²) in [4.78, 5) is 11.8. The molecule has 0 fully saturated rings. The number of halogens is 1. The molecule has 0 atom stereocenters. The van der Waals surface area contributed by atoms with Gasteiger partial charge in [-0.2, -0.15) is 0 Å². The number of hydrogen-bond acceptors (Lipinski definition) is 1. The maximum Gasteiger partial charge on any atom is 0.166 e. The molecule has 1 aliphatic rings. The molecule has 2 heteroatoms. The van der Waals surface area contributed by atoms with Crippen LogP contribution in [0, 0.1) is 11.7 Å². The van der Waals surface area contributed by atoms with Crippen molar-refractivity contribution in [1.82, 2.24) is 0 Å². The highest BCUT2D eigenvalue weighted by Crippen LogP contribution is 2.23. The monoisotopic (exact) mass is 204 g/mol. The Morgan fingerprint density at radius 3 is 2.60 bits per heavy atom. The van der Waals surface area contributed by atoms with E-state index < -0.39 is 5.82 Å². The summed E-state index contributed by atoms with van der Waals surface area (Å²) in [5.41, 5.74) is 0.226. The maximum atomic E-state index is 13.3. The molecule has 0 heterocycles. The second-order valence-corrected chi connectivity index (χ2v) is 3.92. The van der Waals surface area contributed by atoms with Crippen molar-refractivity contribution in [1.29, 1.82) is 0 Å². The lowest BCUT2D eigenvalue weighted by Gasteiger charge is -2.08. The van der Waals surface area contributed by atoms with Gasteiger partial charge in [-0.15, -0.1) is 0 Å². The summed E-state index contributed by atoms with van der Waals surface area (Å²) in [6.45, 7) is 0. The van der Waals surface area contributed by atoms with Gasteiger partial charge in [0.2, 0.25) is 0 Å². The molecule has 1 aromatic rings. The van der Waals surface area contributed by atoms with E-state index in [0.717, 1.165) is 12.8 Å². The first-order valence-corrected chi connectivity index (χ1v) is 5.20. The van der Waals surface area contributed by atoms with Crippen LogP contribution in [0.1, 0.15) is 29.6 Å². The Morgan fingerprint density at radius 1 is 1.27 bits per heavy atom. The van der Waals surface area contributed by atoms with Crippen LogP contribution in [0.3, 0.4) is 0 Å². The van der Waals surface area contributed by atoms with E-state index in [1.54, 1.807) is 18.2 Å². The Balaban J connectivity index is 2.05. The SMILES string of the molecule is O=C(CC1CC=CC1)c1ccccc1F. The highest BCUT2D eigenvalue weighted by molar-refractivity contribution is 5.96. The van der Waals surface area contributed by atoms with E-state index in [1.807, 2.05) is 0 Å². The van der Waals surface area contributed by atoms with Crippen LogP contribution in [0.5, 0.6) is 0 Å². The van der Waals surface area contributed by atoms with Crippen molar-refractivity contribution in [3.05, 3.63) is 47.8 Å². The molecular formula is C13H13FO. The largest absolute Gasteiger partial charge is 0.294 e. The van der Waals surface area contributed by atoms with Crippen LogP contribution < -0.4 is 0 Å². The maximum absolute atomic E-state index is 13.3. The van der Waals surface area contributed by atoms with Gasteiger partial charge in [0.1, 0.15) is 5.82 Å². The first kappa shape index (κ1) is 10.1. The molecule has 15 heavy (non-hydrogen) atoms. The lowest BCUT2D eigenvalue weighted by atomic mass is 9.96.